The standard InChI is InChI=1S/C25H29N5O6S/c1-35-24(32)18-6-7-20(29-11-13-36-14-12-29)19(15-18)26-25(37)27-23(31)17-5-8-21(22(16-17)30(33)34)28-9-3-2-4-10-28/h5-8,15-16H,2-4,9-14H2,1H3,(H2,26,27,31,37). The zero-order valence-electron chi connectivity index (χ0n) is 20.5. The largest absolute Gasteiger partial charge is 0.465 e. The quantitative estimate of drug-likeness (QED) is 0.250. The summed E-state index contributed by atoms with van der Waals surface area (Å²) in [5, 5.41) is 17.3. The van der Waals surface area contributed by atoms with Crippen LogP contribution in [0.4, 0.5) is 22.7 Å². The number of nitro groups is 1. The molecule has 196 valence electrons. The van der Waals surface area contributed by atoms with Crippen molar-refractivity contribution in [2.24, 2.45) is 0 Å². The van der Waals surface area contributed by atoms with Crippen LogP contribution in [0.2, 0.25) is 0 Å². The molecule has 12 heteroatoms. The highest BCUT2D eigenvalue weighted by Gasteiger charge is 2.24. The number of thiocarbonyl (C=S) groups is 1. The Kier molecular flexibility index (Phi) is 8.51. The van der Waals surface area contributed by atoms with E-state index in [1.165, 1.54) is 13.2 Å². The molecule has 0 saturated carbocycles. The van der Waals surface area contributed by atoms with Crippen molar-refractivity contribution in [3.8, 4) is 0 Å². The molecule has 0 unspecified atom stereocenters. The van der Waals surface area contributed by atoms with Crippen molar-refractivity contribution in [1.29, 1.82) is 0 Å². The van der Waals surface area contributed by atoms with Crippen LogP contribution in [0.15, 0.2) is 36.4 Å². The summed E-state index contributed by atoms with van der Waals surface area (Å²) in [4.78, 5) is 40.4. The number of amides is 1. The van der Waals surface area contributed by atoms with Crippen LogP contribution in [0.25, 0.3) is 0 Å². The van der Waals surface area contributed by atoms with Crippen molar-refractivity contribution in [2.45, 2.75) is 19.3 Å². The van der Waals surface area contributed by atoms with Crippen molar-refractivity contribution >= 4 is 52.0 Å². The number of nitro benzene ring substituents is 1. The van der Waals surface area contributed by atoms with Crippen LogP contribution in [-0.4, -0.2) is 68.4 Å². The Labute approximate surface area is 219 Å². The smallest absolute Gasteiger partial charge is 0.337 e. The SMILES string of the molecule is COC(=O)c1ccc(N2CCOCC2)c(NC(=S)NC(=O)c2ccc(N3CCCCC3)c([N+](=O)[O-])c2)c1. The summed E-state index contributed by atoms with van der Waals surface area (Å²) in [6.45, 7) is 3.92. The fourth-order valence-electron chi connectivity index (χ4n) is 4.50. The Bertz CT molecular complexity index is 1190. The average Bonchev–Trinajstić information content (AvgIpc) is 2.93. The second kappa shape index (κ2) is 12.0. The number of methoxy groups -OCH3 is 1. The summed E-state index contributed by atoms with van der Waals surface area (Å²) in [6.07, 6.45) is 3.05. The Morgan fingerprint density at radius 3 is 2.30 bits per heavy atom. The van der Waals surface area contributed by atoms with Gasteiger partial charge < -0.3 is 24.6 Å². The van der Waals surface area contributed by atoms with E-state index in [1.54, 1.807) is 30.3 Å². The van der Waals surface area contributed by atoms with Crippen molar-refractivity contribution in [3.05, 3.63) is 57.6 Å². The summed E-state index contributed by atoms with van der Waals surface area (Å²) in [6, 6.07) is 9.50. The minimum absolute atomic E-state index is 0.00992. The molecule has 0 aromatic heterocycles. The second-order valence-corrected chi connectivity index (χ2v) is 9.15. The number of esters is 1. The van der Waals surface area contributed by atoms with Gasteiger partial charge in [0.05, 0.1) is 42.2 Å². The Hall–Kier alpha value is -3.77. The lowest BCUT2D eigenvalue weighted by Crippen LogP contribution is -2.38. The lowest BCUT2D eigenvalue weighted by atomic mass is 10.1. The summed E-state index contributed by atoms with van der Waals surface area (Å²) < 4.78 is 10.3. The number of nitrogens with one attached hydrogen (secondary N) is 2. The zero-order valence-corrected chi connectivity index (χ0v) is 21.3. The van der Waals surface area contributed by atoms with E-state index >= 15 is 0 Å². The summed E-state index contributed by atoms with van der Waals surface area (Å²) in [5.74, 6) is -1.09. The number of morpholine rings is 1. The molecule has 0 atom stereocenters. The van der Waals surface area contributed by atoms with Crippen LogP contribution < -0.4 is 20.4 Å². The molecule has 2 N–H and O–H groups in total. The van der Waals surface area contributed by atoms with Gasteiger partial charge in [-0.25, -0.2) is 4.79 Å². The summed E-state index contributed by atoms with van der Waals surface area (Å²) >= 11 is 5.38. The third kappa shape index (κ3) is 6.33. The molecular formula is C25H29N5O6S. The normalized spacial score (nSPS) is 15.6. The van der Waals surface area contributed by atoms with Gasteiger partial charge in [-0.1, -0.05) is 0 Å². The van der Waals surface area contributed by atoms with Gasteiger partial charge in [0.1, 0.15) is 5.69 Å². The first-order valence-electron chi connectivity index (χ1n) is 12.1. The number of ether oxygens (including phenoxy) is 2. The third-order valence-corrected chi connectivity index (χ3v) is 6.58. The molecule has 2 heterocycles. The number of piperidine rings is 1. The molecule has 0 aliphatic carbocycles. The highest BCUT2D eigenvalue weighted by Crippen LogP contribution is 2.32. The van der Waals surface area contributed by atoms with E-state index in [9.17, 15) is 19.7 Å². The van der Waals surface area contributed by atoms with Gasteiger partial charge in [-0.15, -0.1) is 0 Å². The number of hydrogen-bond donors (Lipinski definition) is 2. The van der Waals surface area contributed by atoms with Gasteiger partial charge >= 0.3 is 5.97 Å². The van der Waals surface area contributed by atoms with Gasteiger partial charge in [-0.05, 0) is 61.8 Å². The number of rotatable bonds is 6. The molecule has 0 radical (unpaired) electrons. The molecule has 1 amide bonds. The van der Waals surface area contributed by atoms with Crippen LogP contribution >= 0.6 is 12.2 Å². The van der Waals surface area contributed by atoms with Gasteiger partial charge in [-0.3, -0.25) is 20.2 Å². The Balaban J connectivity index is 1.52. The van der Waals surface area contributed by atoms with Crippen LogP contribution in [0.5, 0.6) is 0 Å². The molecule has 2 saturated heterocycles. The highest BCUT2D eigenvalue weighted by atomic mass is 32.1. The van der Waals surface area contributed by atoms with Gasteiger partial charge in [0, 0.05) is 37.8 Å². The summed E-state index contributed by atoms with van der Waals surface area (Å²) in [5.41, 5.74) is 2.13. The number of hydrogen-bond acceptors (Lipinski definition) is 9. The third-order valence-electron chi connectivity index (χ3n) is 6.38. The number of nitrogens with zero attached hydrogens (tertiary/aromatic N) is 3. The number of benzene rings is 2. The first-order chi connectivity index (χ1) is 17.9. The molecule has 2 fully saturated rings. The molecule has 2 aromatic carbocycles. The maximum absolute atomic E-state index is 12.9. The molecule has 37 heavy (non-hydrogen) atoms. The Morgan fingerprint density at radius 1 is 0.973 bits per heavy atom. The Morgan fingerprint density at radius 2 is 1.62 bits per heavy atom. The molecule has 2 aliphatic rings. The van der Waals surface area contributed by atoms with Gasteiger partial charge in [0.15, 0.2) is 5.11 Å². The van der Waals surface area contributed by atoms with E-state index in [0.717, 1.165) is 38.0 Å². The van der Waals surface area contributed by atoms with Crippen LogP contribution in [0.1, 0.15) is 40.0 Å². The topological polar surface area (TPSA) is 126 Å². The molecule has 11 nitrogen and oxygen atoms in total. The van der Waals surface area contributed by atoms with Crippen LogP contribution in [-0.2, 0) is 9.47 Å². The van der Waals surface area contributed by atoms with Crippen LogP contribution in [0, 0.1) is 10.1 Å². The zero-order chi connectivity index (χ0) is 26.4. The van der Waals surface area contributed by atoms with E-state index < -0.39 is 16.8 Å². The molecule has 2 aliphatic heterocycles. The lowest BCUT2D eigenvalue weighted by Gasteiger charge is -2.31. The van der Waals surface area contributed by atoms with Gasteiger partial charge in [0.25, 0.3) is 11.6 Å². The first-order valence-corrected chi connectivity index (χ1v) is 12.5. The van der Waals surface area contributed by atoms with Gasteiger partial charge in [0.2, 0.25) is 0 Å². The summed E-state index contributed by atoms with van der Waals surface area (Å²) in [7, 11) is 1.30. The van der Waals surface area contributed by atoms with E-state index in [4.69, 9.17) is 21.7 Å². The van der Waals surface area contributed by atoms with E-state index in [1.807, 2.05) is 4.90 Å². The molecule has 2 aromatic rings. The molecule has 0 spiro atoms. The predicted molar refractivity (Wildman–Crippen MR) is 144 cm³/mol. The van der Waals surface area contributed by atoms with Crippen molar-refractivity contribution in [2.75, 3.05) is 61.6 Å². The second-order valence-electron chi connectivity index (χ2n) is 8.74. The van der Waals surface area contributed by atoms with Crippen molar-refractivity contribution < 1.29 is 24.0 Å². The molecule has 0 bridgehead atoms. The predicted octanol–water partition coefficient (Wildman–Crippen LogP) is 3.34. The number of carbonyl (C=O) groups excluding carboxylic acids is 2. The minimum atomic E-state index is -0.581. The number of carbonyl (C=O) groups is 2. The fourth-order valence-corrected chi connectivity index (χ4v) is 4.71. The van der Waals surface area contributed by atoms with E-state index in [2.05, 4.69) is 15.5 Å². The van der Waals surface area contributed by atoms with Crippen molar-refractivity contribution in [1.82, 2.24) is 5.32 Å². The van der Waals surface area contributed by atoms with Crippen LogP contribution in [0.3, 0.4) is 0 Å². The molecule has 4 rings (SSSR count). The minimum Gasteiger partial charge on any atom is -0.465 e. The number of anilines is 3. The van der Waals surface area contributed by atoms with E-state index in [0.29, 0.717) is 43.2 Å². The van der Waals surface area contributed by atoms with Crippen molar-refractivity contribution in [3.63, 3.8) is 0 Å². The highest BCUT2D eigenvalue weighted by molar-refractivity contribution is 7.80. The maximum atomic E-state index is 12.9. The molecular weight excluding hydrogens is 498 g/mol. The average molecular weight is 528 g/mol. The maximum Gasteiger partial charge on any atom is 0.337 e. The van der Waals surface area contributed by atoms with Gasteiger partial charge in [-0.2, -0.15) is 0 Å². The lowest BCUT2D eigenvalue weighted by molar-refractivity contribution is -0.384. The first kappa shape index (κ1) is 26.3. The monoisotopic (exact) mass is 527 g/mol. The van der Waals surface area contributed by atoms with E-state index in [-0.39, 0.29) is 16.4 Å². The fraction of sp³-hybridized carbons (Fsp3) is 0.400.